The van der Waals surface area contributed by atoms with Crippen LogP contribution in [0.1, 0.15) is 18.4 Å². The smallest absolute Gasteiger partial charge is 0.231 e. The van der Waals surface area contributed by atoms with Gasteiger partial charge < -0.3 is 20.5 Å². The molecule has 0 saturated carbocycles. The molecule has 0 bridgehead atoms. The van der Waals surface area contributed by atoms with E-state index in [2.05, 4.69) is 5.32 Å². The van der Waals surface area contributed by atoms with Gasteiger partial charge in [0.2, 0.25) is 12.7 Å². The van der Waals surface area contributed by atoms with Crippen LogP contribution < -0.4 is 20.5 Å². The van der Waals surface area contributed by atoms with Gasteiger partial charge in [0, 0.05) is 13.0 Å². The topological polar surface area (TPSA) is 73.6 Å². The van der Waals surface area contributed by atoms with Crippen molar-refractivity contribution in [1.29, 1.82) is 0 Å². The summed E-state index contributed by atoms with van der Waals surface area (Å²) < 4.78 is 10.5. The van der Waals surface area contributed by atoms with Gasteiger partial charge in [-0.2, -0.15) is 0 Å². The van der Waals surface area contributed by atoms with Crippen LogP contribution in [0.5, 0.6) is 11.5 Å². The lowest BCUT2D eigenvalue weighted by molar-refractivity contribution is -0.121. The highest BCUT2D eigenvalue weighted by atomic mass is 16.7. The highest BCUT2D eigenvalue weighted by Gasteiger charge is 2.13. The van der Waals surface area contributed by atoms with Gasteiger partial charge in [-0.1, -0.05) is 6.07 Å². The molecule has 3 N–H and O–H groups in total. The zero-order chi connectivity index (χ0) is 12.1. The Morgan fingerprint density at radius 3 is 3.00 bits per heavy atom. The molecule has 5 nitrogen and oxygen atoms in total. The van der Waals surface area contributed by atoms with E-state index in [9.17, 15) is 4.79 Å². The van der Waals surface area contributed by atoms with E-state index < -0.39 is 0 Å². The van der Waals surface area contributed by atoms with Gasteiger partial charge in [0.25, 0.3) is 0 Å². The molecule has 0 fully saturated rings. The molecule has 2 rings (SSSR count). The van der Waals surface area contributed by atoms with E-state index in [4.69, 9.17) is 15.2 Å². The zero-order valence-corrected chi connectivity index (χ0v) is 9.57. The van der Waals surface area contributed by atoms with Gasteiger partial charge in [-0.25, -0.2) is 0 Å². The number of nitrogens with one attached hydrogen (secondary N) is 1. The highest BCUT2D eigenvalue weighted by molar-refractivity contribution is 5.75. The van der Waals surface area contributed by atoms with Gasteiger partial charge in [0.05, 0.1) is 0 Å². The Morgan fingerprint density at radius 1 is 1.35 bits per heavy atom. The molecule has 1 aromatic carbocycles. The molecule has 1 aromatic rings. The van der Waals surface area contributed by atoms with E-state index in [-0.39, 0.29) is 12.7 Å². The summed E-state index contributed by atoms with van der Waals surface area (Å²) in [5, 5.41) is 2.83. The van der Waals surface area contributed by atoms with Crippen LogP contribution in [0.3, 0.4) is 0 Å². The standard InChI is InChI=1S/C12H16N2O3/c13-5-1-2-12(15)14-7-9-3-4-10-11(6-9)17-8-16-10/h3-4,6H,1-2,5,7-8,13H2,(H,14,15). The van der Waals surface area contributed by atoms with Crippen LogP contribution in [0.25, 0.3) is 0 Å². The van der Waals surface area contributed by atoms with Crippen molar-refractivity contribution in [2.75, 3.05) is 13.3 Å². The first kappa shape index (κ1) is 11.7. The minimum atomic E-state index is 0.0214. The van der Waals surface area contributed by atoms with Crippen LogP contribution in [0, 0.1) is 0 Å². The molecule has 0 aromatic heterocycles. The summed E-state index contributed by atoms with van der Waals surface area (Å²) in [6, 6.07) is 5.64. The number of fused-ring (bicyclic) bond motifs is 1. The number of nitrogens with two attached hydrogens (primary N) is 1. The molecule has 5 heteroatoms. The first-order valence-electron chi connectivity index (χ1n) is 5.65. The molecule has 1 aliphatic heterocycles. The largest absolute Gasteiger partial charge is 0.454 e. The molecular weight excluding hydrogens is 220 g/mol. The SMILES string of the molecule is NCCCC(=O)NCc1ccc2c(c1)OCO2. The van der Waals surface area contributed by atoms with Crippen molar-refractivity contribution < 1.29 is 14.3 Å². The van der Waals surface area contributed by atoms with Crippen LogP contribution in [-0.2, 0) is 11.3 Å². The molecule has 0 aliphatic carbocycles. The zero-order valence-electron chi connectivity index (χ0n) is 9.57. The first-order chi connectivity index (χ1) is 8.29. The molecule has 17 heavy (non-hydrogen) atoms. The van der Waals surface area contributed by atoms with Crippen molar-refractivity contribution >= 4 is 5.91 Å². The molecule has 1 heterocycles. The monoisotopic (exact) mass is 236 g/mol. The van der Waals surface area contributed by atoms with Crippen molar-refractivity contribution in [1.82, 2.24) is 5.32 Å². The molecule has 0 spiro atoms. The van der Waals surface area contributed by atoms with Crippen LogP contribution >= 0.6 is 0 Å². The average Bonchev–Trinajstić information content (AvgIpc) is 2.81. The summed E-state index contributed by atoms with van der Waals surface area (Å²) in [6.07, 6.45) is 1.19. The molecule has 0 radical (unpaired) electrons. The summed E-state index contributed by atoms with van der Waals surface area (Å²) in [7, 11) is 0. The molecule has 1 aliphatic rings. The second kappa shape index (κ2) is 5.54. The number of amides is 1. The van der Waals surface area contributed by atoms with E-state index in [1.807, 2.05) is 18.2 Å². The fourth-order valence-electron chi connectivity index (χ4n) is 1.60. The Balaban J connectivity index is 1.85. The number of benzene rings is 1. The van der Waals surface area contributed by atoms with Crippen molar-refractivity contribution in [3.63, 3.8) is 0 Å². The third-order valence-electron chi connectivity index (χ3n) is 2.53. The lowest BCUT2D eigenvalue weighted by Crippen LogP contribution is -2.23. The molecule has 0 unspecified atom stereocenters. The van der Waals surface area contributed by atoms with Gasteiger partial charge in [0.1, 0.15) is 0 Å². The van der Waals surface area contributed by atoms with Crippen LogP contribution in [0.15, 0.2) is 18.2 Å². The van der Waals surface area contributed by atoms with E-state index in [0.717, 1.165) is 17.1 Å². The van der Waals surface area contributed by atoms with Crippen molar-refractivity contribution in [2.45, 2.75) is 19.4 Å². The third-order valence-corrected chi connectivity index (χ3v) is 2.53. The Morgan fingerprint density at radius 2 is 2.18 bits per heavy atom. The Labute approximate surface area is 99.9 Å². The molecule has 0 atom stereocenters. The second-order valence-corrected chi connectivity index (χ2v) is 3.86. The van der Waals surface area contributed by atoms with Crippen LogP contribution in [0.2, 0.25) is 0 Å². The summed E-state index contributed by atoms with van der Waals surface area (Å²) in [5.74, 6) is 1.51. The lowest BCUT2D eigenvalue weighted by Gasteiger charge is -2.05. The van der Waals surface area contributed by atoms with Crippen molar-refractivity contribution in [3.8, 4) is 11.5 Å². The number of ether oxygens (including phenoxy) is 2. The Bertz CT molecular complexity index is 407. The third kappa shape index (κ3) is 3.10. The van der Waals surface area contributed by atoms with Gasteiger partial charge >= 0.3 is 0 Å². The number of rotatable bonds is 5. The minimum Gasteiger partial charge on any atom is -0.454 e. The van der Waals surface area contributed by atoms with Gasteiger partial charge in [-0.15, -0.1) is 0 Å². The lowest BCUT2D eigenvalue weighted by atomic mass is 10.2. The second-order valence-electron chi connectivity index (χ2n) is 3.86. The summed E-state index contributed by atoms with van der Waals surface area (Å²) >= 11 is 0. The predicted molar refractivity (Wildman–Crippen MR) is 62.7 cm³/mol. The maximum Gasteiger partial charge on any atom is 0.231 e. The minimum absolute atomic E-state index is 0.0214. The first-order valence-corrected chi connectivity index (χ1v) is 5.65. The Kier molecular flexibility index (Phi) is 3.82. The molecule has 0 saturated heterocycles. The fraction of sp³-hybridized carbons (Fsp3) is 0.417. The van der Waals surface area contributed by atoms with E-state index in [1.165, 1.54) is 0 Å². The van der Waals surface area contributed by atoms with Crippen molar-refractivity contribution in [3.05, 3.63) is 23.8 Å². The normalized spacial score (nSPS) is 12.5. The maximum atomic E-state index is 11.4. The summed E-state index contributed by atoms with van der Waals surface area (Å²) in [6.45, 7) is 1.30. The van der Waals surface area contributed by atoms with E-state index >= 15 is 0 Å². The van der Waals surface area contributed by atoms with Gasteiger partial charge in [-0.3, -0.25) is 4.79 Å². The van der Waals surface area contributed by atoms with E-state index in [1.54, 1.807) is 0 Å². The number of hydrogen-bond donors (Lipinski definition) is 2. The highest BCUT2D eigenvalue weighted by Crippen LogP contribution is 2.32. The maximum absolute atomic E-state index is 11.4. The number of carbonyl (C=O) groups is 1. The molecule has 1 amide bonds. The summed E-state index contributed by atoms with van der Waals surface area (Å²) in [4.78, 5) is 11.4. The molecular formula is C12H16N2O3. The quantitative estimate of drug-likeness (QED) is 0.792. The predicted octanol–water partition coefficient (Wildman–Crippen LogP) is 0.770. The Hall–Kier alpha value is -1.75. The van der Waals surface area contributed by atoms with Gasteiger partial charge in [-0.05, 0) is 30.7 Å². The number of hydrogen-bond acceptors (Lipinski definition) is 4. The van der Waals surface area contributed by atoms with Gasteiger partial charge in [0.15, 0.2) is 11.5 Å². The fourth-order valence-corrected chi connectivity index (χ4v) is 1.60. The molecule has 92 valence electrons. The summed E-state index contributed by atoms with van der Waals surface area (Å²) in [5.41, 5.74) is 6.33. The van der Waals surface area contributed by atoms with E-state index in [0.29, 0.717) is 25.9 Å². The average molecular weight is 236 g/mol. The number of carbonyl (C=O) groups excluding carboxylic acids is 1. The van der Waals surface area contributed by atoms with Crippen LogP contribution in [-0.4, -0.2) is 19.2 Å². The van der Waals surface area contributed by atoms with Crippen LogP contribution in [0.4, 0.5) is 0 Å². The van der Waals surface area contributed by atoms with Crippen molar-refractivity contribution in [2.24, 2.45) is 5.73 Å².